The van der Waals surface area contributed by atoms with E-state index >= 15 is 0 Å². The molecule has 1 fully saturated rings. The van der Waals surface area contributed by atoms with E-state index in [4.69, 9.17) is 15.2 Å². The molecule has 0 saturated heterocycles. The van der Waals surface area contributed by atoms with Crippen molar-refractivity contribution in [1.29, 1.82) is 0 Å². The summed E-state index contributed by atoms with van der Waals surface area (Å²) in [6, 6.07) is 3.54. The summed E-state index contributed by atoms with van der Waals surface area (Å²) in [7, 11) is 0. The van der Waals surface area contributed by atoms with Crippen molar-refractivity contribution in [3.05, 3.63) is 12.1 Å². The number of nitrogen functional groups attached to an aromatic ring is 1. The van der Waals surface area contributed by atoms with Crippen LogP contribution in [-0.2, 0) is 0 Å². The molecule has 2 N–H and O–H groups in total. The molecule has 15 heavy (non-hydrogen) atoms. The lowest BCUT2D eigenvalue weighted by molar-refractivity contribution is 0.209. The number of hydrogen-bond donors (Lipinski definition) is 1. The van der Waals surface area contributed by atoms with Crippen LogP contribution < -0.4 is 15.2 Å². The molecule has 1 aliphatic rings. The first-order chi connectivity index (χ1) is 7.15. The van der Waals surface area contributed by atoms with E-state index in [1.807, 2.05) is 19.9 Å². The molecule has 82 valence electrons. The molecule has 1 heterocycles. The molecule has 4 nitrogen and oxygen atoms in total. The van der Waals surface area contributed by atoms with Crippen LogP contribution in [-0.4, -0.2) is 17.2 Å². The topological polar surface area (TPSA) is 57.4 Å². The zero-order valence-electron chi connectivity index (χ0n) is 9.06. The summed E-state index contributed by atoms with van der Waals surface area (Å²) in [6.45, 7) is 3.90. The van der Waals surface area contributed by atoms with Gasteiger partial charge in [0.1, 0.15) is 5.82 Å². The molecular weight excluding hydrogens is 192 g/mol. The maximum atomic E-state index is 5.67. The number of ether oxygens (including phenoxy) is 2. The number of rotatable bonds is 4. The molecule has 1 aliphatic carbocycles. The summed E-state index contributed by atoms with van der Waals surface area (Å²) < 4.78 is 11.2. The molecule has 1 aromatic rings. The van der Waals surface area contributed by atoms with Gasteiger partial charge in [-0.3, -0.25) is 0 Å². The molecule has 0 unspecified atom stereocenters. The normalized spacial score (nSPS) is 15.4. The molecule has 0 aromatic carbocycles. The molecule has 1 saturated carbocycles. The summed E-state index contributed by atoms with van der Waals surface area (Å²) >= 11 is 0. The Morgan fingerprint density at radius 3 is 2.73 bits per heavy atom. The van der Waals surface area contributed by atoms with E-state index in [2.05, 4.69) is 4.98 Å². The highest BCUT2D eigenvalue weighted by Gasteiger charge is 2.25. The highest BCUT2D eigenvalue weighted by atomic mass is 16.5. The second-order valence-corrected chi connectivity index (χ2v) is 4.02. The van der Waals surface area contributed by atoms with Crippen LogP contribution in [0.2, 0.25) is 0 Å². The summed E-state index contributed by atoms with van der Waals surface area (Å²) in [4.78, 5) is 4.12. The average Bonchev–Trinajstić information content (AvgIpc) is 2.92. The van der Waals surface area contributed by atoms with Crippen molar-refractivity contribution >= 4 is 5.82 Å². The Morgan fingerprint density at radius 2 is 2.13 bits per heavy atom. The van der Waals surface area contributed by atoms with Gasteiger partial charge < -0.3 is 15.2 Å². The van der Waals surface area contributed by atoms with E-state index in [1.165, 1.54) is 0 Å². The minimum Gasteiger partial charge on any atom is -0.485 e. The number of anilines is 1. The molecule has 1 aromatic heterocycles. The highest BCUT2D eigenvalue weighted by Crippen LogP contribution is 2.33. The molecule has 0 amide bonds. The van der Waals surface area contributed by atoms with Gasteiger partial charge in [0, 0.05) is 0 Å². The van der Waals surface area contributed by atoms with E-state index < -0.39 is 0 Å². The number of nitrogens with zero attached hydrogens (tertiary/aromatic N) is 1. The molecule has 0 bridgehead atoms. The first-order valence-corrected chi connectivity index (χ1v) is 5.25. The van der Waals surface area contributed by atoms with Gasteiger partial charge in [0.2, 0.25) is 0 Å². The van der Waals surface area contributed by atoms with Crippen molar-refractivity contribution < 1.29 is 9.47 Å². The fourth-order valence-corrected chi connectivity index (χ4v) is 1.20. The van der Waals surface area contributed by atoms with Crippen LogP contribution >= 0.6 is 0 Å². The number of hydrogen-bond acceptors (Lipinski definition) is 4. The first-order valence-electron chi connectivity index (χ1n) is 5.25. The Labute approximate surface area is 89.4 Å². The number of nitrogens with two attached hydrogens (primary N) is 1. The summed E-state index contributed by atoms with van der Waals surface area (Å²) in [5, 5.41) is 0. The van der Waals surface area contributed by atoms with Gasteiger partial charge in [0.15, 0.2) is 5.75 Å². The van der Waals surface area contributed by atoms with Gasteiger partial charge in [-0.2, -0.15) is 4.98 Å². The molecule has 4 heteroatoms. The highest BCUT2D eigenvalue weighted by molar-refractivity contribution is 5.42. The Hall–Kier alpha value is -1.45. The Balaban J connectivity index is 2.17. The second kappa shape index (κ2) is 3.96. The monoisotopic (exact) mass is 208 g/mol. The standard InChI is InChI=1S/C11H16N2O2/c1-7(2)14-11-9(15-8-3-4-8)5-6-10(12)13-11/h5-8H,3-4H2,1-2H3,(H2,12,13). The van der Waals surface area contributed by atoms with Crippen molar-refractivity contribution in [3.8, 4) is 11.6 Å². The van der Waals surface area contributed by atoms with Crippen molar-refractivity contribution in [1.82, 2.24) is 4.98 Å². The van der Waals surface area contributed by atoms with Gasteiger partial charge in [0.25, 0.3) is 5.88 Å². The predicted octanol–water partition coefficient (Wildman–Crippen LogP) is 1.99. The molecular formula is C11H16N2O2. The average molecular weight is 208 g/mol. The van der Waals surface area contributed by atoms with Gasteiger partial charge in [-0.1, -0.05) is 0 Å². The van der Waals surface area contributed by atoms with Gasteiger partial charge in [-0.15, -0.1) is 0 Å². The maximum Gasteiger partial charge on any atom is 0.259 e. The van der Waals surface area contributed by atoms with Crippen molar-refractivity contribution in [2.75, 3.05) is 5.73 Å². The molecule has 0 spiro atoms. The summed E-state index contributed by atoms with van der Waals surface area (Å²) in [6.07, 6.45) is 2.64. The minimum absolute atomic E-state index is 0.0702. The summed E-state index contributed by atoms with van der Waals surface area (Å²) in [5.74, 6) is 1.64. The quantitative estimate of drug-likeness (QED) is 0.822. The molecule has 0 aliphatic heterocycles. The third kappa shape index (κ3) is 2.75. The molecule has 0 atom stereocenters. The lowest BCUT2D eigenvalue weighted by Gasteiger charge is -2.13. The van der Waals surface area contributed by atoms with Crippen molar-refractivity contribution in [2.24, 2.45) is 0 Å². The molecule has 2 rings (SSSR count). The van der Waals surface area contributed by atoms with Gasteiger partial charge in [-0.25, -0.2) is 0 Å². The van der Waals surface area contributed by atoms with Gasteiger partial charge in [-0.05, 0) is 38.8 Å². The number of aromatic nitrogens is 1. The van der Waals surface area contributed by atoms with E-state index in [1.54, 1.807) is 6.07 Å². The van der Waals surface area contributed by atoms with Crippen molar-refractivity contribution in [2.45, 2.75) is 38.9 Å². The first kappa shape index (κ1) is 10.1. The van der Waals surface area contributed by atoms with E-state index in [-0.39, 0.29) is 6.10 Å². The van der Waals surface area contributed by atoms with E-state index in [9.17, 15) is 0 Å². The maximum absolute atomic E-state index is 5.67. The predicted molar refractivity (Wildman–Crippen MR) is 58.1 cm³/mol. The fourth-order valence-electron chi connectivity index (χ4n) is 1.20. The van der Waals surface area contributed by atoms with Crippen LogP contribution in [0.5, 0.6) is 11.6 Å². The SMILES string of the molecule is CC(C)Oc1nc(N)ccc1OC1CC1. The van der Waals surface area contributed by atoms with Crippen LogP contribution in [0.4, 0.5) is 5.82 Å². The second-order valence-electron chi connectivity index (χ2n) is 4.02. The lowest BCUT2D eigenvalue weighted by Crippen LogP contribution is -2.10. The minimum atomic E-state index is 0.0702. The van der Waals surface area contributed by atoms with Gasteiger partial charge in [0.05, 0.1) is 12.2 Å². The van der Waals surface area contributed by atoms with E-state index in [0.29, 0.717) is 23.6 Å². The zero-order chi connectivity index (χ0) is 10.8. The van der Waals surface area contributed by atoms with Gasteiger partial charge >= 0.3 is 0 Å². The largest absolute Gasteiger partial charge is 0.485 e. The fraction of sp³-hybridized carbons (Fsp3) is 0.545. The van der Waals surface area contributed by atoms with Crippen molar-refractivity contribution in [3.63, 3.8) is 0 Å². The number of pyridine rings is 1. The third-order valence-corrected chi connectivity index (χ3v) is 2.01. The van der Waals surface area contributed by atoms with Crippen LogP contribution in [0.25, 0.3) is 0 Å². The summed E-state index contributed by atoms with van der Waals surface area (Å²) in [5.41, 5.74) is 5.60. The zero-order valence-corrected chi connectivity index (χ0v) is 9.06. The smallest absolute Gasteiger partial charge is 0.259 e. The van der Waals surface area contributed by atoms with Crippen LogP contribution in [0, 0.1) is 0 Å². The third-order valence-electron chi connectivity index (χ3n) is 2.01. The van der Waals surface area contributed by atoms with Crippen LogP contribution in [0.1, 0.15) is 26.7 Å². The lowest BCUT2D eigenvalue weighted by atomic mass is 10.4. The Morgan fingerprint density at radius 1 is 1.40 bits per heavy atom. The Kier molecular flexibility index (Phi) is 2.66. The van der Waals surface area contributed by atoms with E-state index in [0.717, 1.165) is 12.8 Å². The van der Waals surface area contributed by atoms with Crippen LogP contribution in [0.3, 0.4) is 0 Å². The molecule has 0 radical (unpaired) electrons. The van der Waals surface area contributed by atoms with Crippen LogP contribution in [0.15, 0.2) is 12.1 Å². The Bertz CT molecular complexity index is 348.